The Morgan fingerprint density at radius 2 is 1.78 bits per heavy atom. The number of para-hydroxylation sites is 1. The summed E-state index contributed by atoms with van der Waals surface area (Å²) in [6, 6.07) is 10.4. The summed E-state index contributed by atoms with van der Waals surface area (Å²) in [4.78, 5) is 39.4. The number of rotatable bonds is 9. The summed E-state index contributed by atoms with van der Waals surface area (Å²) < 4.78 is 24.2. The van der Waals surface area contributed by atoms with Crippen molar-refractivity contribution in [2.24, 2.45) is 16.5 Å². The van der Waals surface area contributed by atoms with E-state index in [1.54, 1.807) is 12.1 Å². The molecule has 0 fully saturated rings. The van der Waals surface area contributed by atoms with Crippen LogP contribution in [0.3, 0.4) is 0 Å². The average molecular weight is 462 g/mol. The molecule has 11 nitrogen and oxygen atoms in total. The number of benzene rings is 2. The summed E-state index contributed by atoms with van der Waals surface area (Å²) in [6.07, 6.45) is 0.738. The van der Waals surface area contributed by atoms with Crippen LogP contribution in [-0.2, 0) is 25.8 Å². The highest BCUT2D eigenvalue weighted by molar-refractivity contribution is 7.90. The van der Waals surface area contributed by atoms with E-state index in [0.717, 1.165) is 6.26 Å². The molecular weight excluding hydrogens is 438 g/mol. The number of hydrogen-bond donors (Lipinski definition) is 5. The molecule has 12 heteroatoms. The summed E-state index contributed by atoms with van der Waals surface area (Å²) in [5.41, 5.74) is 11.5. The maximum absolute atomic E-state index is 12.4. The summed E-state index contributed by atoms with van der Waals surface area (Å²) in [5, 5.41) is 13.8. The van der Waals surface area contributed by atoms with Crippen LogP contribution in [0.4, 0.5) is 11.4 Å². The second kappa shape index (κ2) is 10.4. The minimum Gasteiger partial charge on any atom is -0.481 e. The quantitative estimate of drug-likeness (QED) is 0.261. The number of guanidine groups is 1. The maximum atomic E-state index is 12.4. The first kappa shape index (κ1) is 24.3. The number of nitrogens with one attached hydrogen (secondary N) is 2. The number of hydrogen-bond acceptors (Lipinski definition) is 6. The van der Waals surface area contributed by atoms with Crippen LogP contribution in [0.2, 0.25) is 0 Å². The molecule has 0 saturated carbocycles. The van der Waals surface area contributed by atoms with Gasteiger partial charge in [-0.1, -0.05) is 18.2 Å². The van der Waals surface area contributed by atoms with Gasteiger partial charge in [-0.3, -0.25) is 14.4 Å². The summed E-state index contributed by atoms with van der Waals surface area (Å²) in [5.74, 6) is -2.51. The second-order valence-corrected chi connectivity index (χ2v) is 8.76. The first-order valence-electron chi connectivity index (χ1n) is 9.29. The van der Waals surface area contributed by atoms with Crippen LogP contribution in [0.25, 0.3) is 0 Å². The lowest BCUT2D eigenvalue weighted by atomic mass is 10.1. The molecule has 2 aromatic rings. The number of amides is 2. The van der Waals surface area contributed by atoms with Gasteiger partial charge in [0.15, 0.2) is 15.8 Å². The van der Waals surface area contributed by atoms with E-state index in [1.165, 1.54) is 30.3 Å². The molecule has 0 bridgehead atoms. The Morgan fingerprint density at radius 3 is 2.41 bits per heavy atom. The van der Waals surface area contributed by atoms with E-state index in [-0.39, 0.29) is 34.9 Å². The van der Waals surface area contributed by atoms with Gasteiger partial charge in [-0.25, -0.2) is 13.4 Å². The summed E-state index contributed by atoms with van der Waals surface area (Å²) in [6.45, 7) is -0.457. The molecule has 0 spiro atoms. The van der Waals surface area contributed by atoms with Crippen molar-refractivity contribution in [3.8, 4) is 0 Å². The highest BCUT2D eigenvalue weighted by atomic mass is 32.2. The minimum absolute atomic E-state index is 0.00902. The van der Waals surface area contributed by atoms with Crippen LogP contribution in [0, 0.1) is 0 Å². The van der Waals surface area contributed by atoms with Gasteiger partial charge in [-0.2, -0.15) is 0 Å². The molecule has 0 atom stereocenters. The van der Waals surface area contributed by atoms with Crippen LogP contribution < -0.4 is 22.1 Å². The highest BCUT2D eigenvalue weighted by Gasteiger charge is 2.19. The lowest BCUT2D eigenvalue weighted by molar-refractivity contribution is -0.137. The van der Waals surface area contributed by atoms with Gasteiger partial charge in [0.25, 0.3) is 5.91 Å². The van der Waals surface area contributed by atoms with Gasteiger partial charge in [0, 0.05) is 18.2 Å². The third kappa shape index (κ3) is 7.09. The van der Waals surface area contributed by atoms with E-state index in [0.29, 0.717) is 11.3 Å². The molecule has 2 aromatic carbocycles. The fraction of sp³-hybridized carbons (Fsp3) is 0.200. The van der Waals surface area contributed by atoms with E-state index in [4.69, 9.17) is 16.6 Å². The number of aliphatic imine (C=N–C) groups is 1. The van der Waals surface area contributed by atoms with Crippen molar-refractivity contribution in [1.29, 1.82) is 0 Å². The number of nitrogens with two attached hydrogens (primary N) is 2. The zero-order chi connectivity index (χ0) is 23.9. The molecule has 0 saturated heterocycles. The predicted octanol–water partition coefficient (Wildman–Crippen LogP) is 0.381. The lowest BCUT2D eigenvalue weighted by Gasteiger charge is -2.15. The molecule has 2 amide bonds. The Morgan fingerprint density at radius 1 is 1.09 bits per heavy atom. The number of nitrogens with zero attached hydrogens (tertiary/aromatic N) is 1. The molecule has 32 heavy (non-hydrogen) atoms. The van der Waals surface area contributed by atoms with Crippen molar-refractivity contribution in [3.63, 3.8) is 0 Å². The van der Waals surface area contributed by atoms with Gasteiger partial charge in [-0.15, -0.1) is 0 Å². The predicted molar refractivity (Wildman–Crippen MR) is 118 cm³/mol. The lowest BCUT2D eigenvalue weighted by Crippen LogP contribution is -2.33. The first-order chi connectivity index (χ1) is 15.0. The van der Waals surface area contributed by atoms with Crippen LogP contribution >= 0.6 is 0 Å². The number of carboxylic acids is 1. The molecule has 7 N–H and O–H groups in total. The van der Waals surface area contributed by atoms with Crippen molar-refractivity contribution in [1.82, 2.24) is 5.32 Å². The standard InChI is InChI=1S/C20H23N5O6S/c1-32(30,31)15-7-3-4-12(8-9-17(27)28)18(15)25-16(26)11-23-19(29)13-5-2-6-14(10-13)24-20(21)22/h2-7,10H,8-9,11H2,1H3,(H,23,29)(H,25,26)(H,27,28)(H4,21,22,24). The number of aryl methyl sites for hydroxylation is 1. The zero-order valence-electron chi connectivity index (χ0n) is 17.2. The smallest absolute Gasteiger partial charge is 0.303 e. The topological polar surface area (TPSA) is 194 Å². The molecule has 0 aromatic heterocycles. The summed E-state index contributed by atoms with van der Waals surface area (Å²) in [7, 11) is -3.71. The molecule has 170 valence electrons. The van der Waals surface area contributed by atoms with Gasteiger partial charge in [0.05, 0.1) is 22.8 Å². The largest absolute Gasteiger partial charge is 0.481 e. The van der Waals surface area contributed by atoms with E-state index < -0.39 is 34.2 Å². The first-order valence-corrected chi connectivity index (χ1v) is 11.2. The molecule has 0 unspecified atom stereocenters. The van der Waals surface area contributed by atoms with Crippen LogP contribution in [-0.4, -0.2) is 50.1 Å². The second-order valence-electron chi connectivity index (χ2n) is 6.77. The van der Waals surface area contributed by atoms with Gasteiger partial charge < -0.3 is 27.2 Å². The van der Waals surface area contributed by atoms with Gasteiger partial charge in [0.1, 0.15) is 0 Å². The minimum atomic E-state index is -3.71. The average Bonchev–Trinajstić information content (AvgIpc) is 2.70. The molecule has 0 heterocycles. The molecule has 2 rings (SSSR count). The Bertz CT molecular complexity index is 1170. The third-order valence-electron chi connectivity index (χ3n) is 4.16. The fourth-order valence-electron chi connectivity index (χ4n) is 2.79. The van der Waals surface area contributed by atoms with Crippen molar-refractivity contribution in [2.75, 3.05) is 18.1 Å². The SMILES string of the molecule is CS(=O)(=O)c1cccc(CCC(=O)O)c1NC(=O)CNC(=O)c1cccc(N=C(N)N)c1. The van der Waals surface area contributed by atoms with Crippen molar-refractivity contribution in [3.05, 3.63) is 53.6 Å². The fourth-order valence-corrected chi connectivity index (χ4v) is 3.67. The molecular formula is C20H23N5O6S. The van der Waals surface area contributed by atoms with Crippen molar-refractivity contribution in [2.45, 2.75) is 17.7 Å². The van der Waals surface area contributed by atoms with E-state index in [9.17, 15) is 22.8 Å². The van der Waals surface area contributed by atoms with Gasteiger partial charge in [0.2, 0.25) is 5.91 Å². The molecule has 0 aliphatic heterocycles. The van der Waals surface area contributed by atoms with Crippen LogP contribution in [0.5, 0.6) is 0 Å². The third-order valence-corrected chi connectivity index (χ3v) is 5.30. The monoisotopic (exact) mass is 461 g/mol. The molecule has 0 aliphatic rings. The zero-order valence-corrected chi connectivity index (χ0v) is 18.0. The highest BCUT2D eigenvalue weighted by Crippen LogP contribution is 2.27. The number of carboxylic acid groups (broad SMARTS) is 1. The van der Waals surface area contributed by atoms with Crippen molar-refractivity contribution < 1.29 is 27.9 Å². The number of aliphatic carboxylic acids is 1. The van der Waals surface area contributed by atoms with Crippen molar-refractivity contribution >= 4 is 45.0 Å². The Balaban J connectivity index is 2.16. The number of carbonyl (C=O) groups excluding carboxylic acids is 2. The Labute approximate surface area is 184 Å². The van der Waals surface area contributed by atoms with Crippen LogP contribution in [0.1, 0.15) is 22.3 Å². The maximum Gasteiger partial charge on any atom is 0.303 e. The number of anilines is 1. The van der Waals surface area contributed by atoms with E-state index >= 15 is 0 Å². The number of carbonyl (C=O) groups is 3. The summed E-state index contributed by atoms with van der Waals surface area (Å²) >= 11 is 0. The van der Waals surface area contributed by atoms with E-state index in [2.05, 4.69) is 15.6 Å². The van der Waals surface area contributed by atoms with Crippen LogP contribution in [0.15, 0.2) is 52.4 Å². The molecule has 0 radical (unpaired) electrons. The van der Waals surface area contributed by atoms with Gasteiger partial charge in [-0.05, 0) is 36.2 Å². The van der Waals surface area contributed by atoms with Gasteiger partial charge >= 0.3 is 5.97 Å². The Hall–Kier alpha value is -3.93. The normalized spacial score (nSPS) is 10.8. The number of sulfone groups is 1. The van der Waals surface area contributed by atoms with E-state index in [1.807, 2.05) is 0 Å². The Kier molecular flexibility index (Phi) is 7.91. The molecule has 0 aliphatic carbocycles.